The van der Waals surface area contributed by atoms with Gasteiger partial charge in [0.2, 0.25) is 0 Å². The molecule has 2 heteroatoms. The summed E-state index contributed by atoms with van der Waals surface area (Å²) >= 11 is 0. The van der Waals surface area contributed by atoms with Gasteiger partial charge in [0.25, 0.3) is 0 Å². The fourth-order valence-corrected chi connectivity index (χ4v) is 3.26. The normalized spacial score (nSPS) is 11.7. The molecule has 0 aliphatic heterocycles. The first-order chi connectivity index (χ1) is 6.86. The lowest BCUT2D eigenvalue weighted by molar-refractivity contribution is 0.482. The van der Waals surface area contributed by atoms with Crippen LogP contribution in [0.5, 0.6) is 5.75 Å². The van der Waals surface area contributed by atoms with Crippen molar-refractivity contribution in [3.05, 3.63) is 42.5 Å². The van der Waals surface area contributed by atoms with Crippen LogP contribution in [0.1, 0.15) is 0 Å². The minimum absolute atomic E-state index is 0.403. The van der Waals surface area contributed by atoms with Crippen LogP contribution in [0.25, 0.3) is 21.0 Å². The number of rotatable bonds is 0. The number of phenols is 1. The maximum absolute atomic E-state index is 9.78. The van der Waals surface area contributed by atoms with Crippen molar-refractivity contribution in [1.82, 2.24) is 0 Å². The van der Waals surface area contributed by atoms with E-state index in [-0.39, 0.29) is 0 Å². The molecule has 1 heterocycles. The molecule has 1 aromatic heterocycles. The molecule has 0 aliphatic rings. The van der Waals surface area contributed by atoms with Gasteiger partial charge >= 0.3 is 0 Å². The van der Waals surface area contributed by atoms with Gasteiger partial charge in [0, 0.05) is 10.5 Å². The summed E-state index contributed by atoms with van der Waals surface area (Å²) in [6.45, 7) is 0. The van der Waals surface area contributed by atoms with Crippen LogP contribution < -0.4 is 0 Å². The molecule has 0 aliphatic carbocycles. The van der Waals surface area contributed by atoms with E-state index in [1.54, 1.807) is 6.07 Å². The predicted octanol–water partition coefficient (Wildman–Crippen LogP) is 3.73. The topological polar surface area (TPSA) is 20.2 Å². The number of aromatic hydroxyl groups is 1. The van der Waals surface area contributed by atoms with Crippen LogP contribution in [0.15, 0.2) is 42.5 Å². The molecule has 0 spiro atoms. The molecular formula is C12H9OP. The van der Waals surface area contributed by atoms with E-state index in [4.69, 9.17) is 0 Å². The fourth-order valence-electron chi connectivity index (χ4n) is 1.88. The molecule has 0 bridgehead atoms. The lowest BCUT2D eigenvalue weighted by Crippen LogP contribution is -1.67. The van der Waals surface area contributed by atoms with Crippen molar-refractivity contribution >= 4 is 29.2 Å². The van der Waals surface area contributed by atoms with E-state index in [1.165, 1.54) is 15.6 Å². The summed E-state index contributed by atoms with van der Waals surface area (Å²) in [4.78, 5) is 0. The van der Waals surface area contributed by atoms with Crippen molar-refractivity contribution in [3.8, 4) is 5.75 Å². The first kappa shape index (κ1) is 7.90. The highest BCUT2D eigenvalue weighted by molar-refractivity contribution is 7.43. The zero-order chi connectivity index (χ0) is 9.54. The monoisotopic (exact) mass is 200 g/mol. The quantitative estimate of drug-likeness (QED) is 0.586. The highest BCUT2D eigenvalue weighted by Crippen LogP contribution is 2.41. The van der Waals surface area contributed by atoms with Crippen LogP contribution in [-0.2, 0) is 0 Å². The lowest BCUT2D eigenvalue weighted by atomic mass is 10.1. The summed E-state index contributed by atoms with van der Waals surface area (Å²) in [6.07, 6.45) is 0. The SMILES string of the molecule is Oc1cccc2[pH]c3ccccc3c12. The van der Waals surface area contributed by atoms with Crippen molar-refractivity contribution in [2.45, 2.75) is 0 Å². The molecule has 0 radical (unpaired) electrons. The van der Waals surface area contributed by atoms with Gasteiger partial charge < -0.3 is 5.11 Å². The van der Waals surface area contributed by atoms with Gasteiger partial charge in [-0.2, -0.15) is 0 Å². The molecule has 1 N–H and O–H groups in total. The number of fused-ring (bicyclic) bond motifs is 3. The second kappa shape index (κ2) is 2.76. The second-order valence-electron chi connectivity index (χ2n) is 3.37. The summed E-state index contributed by atoms with van der Waals surface area (Å²) in [7, 11) is 0.687. The molecule has 3 aromatic rings. The Morgan fingerprint density at radius 2 is 1.64 bits per heavy atom. The molecule has 0 fully saturated rings. The fraction of sp³-hybridized carbons (Fsp3) is 0. The Hall–Kier alpha value is -1.46. The van der Waals surface area contributed by atoms with E-state index in [1.807, 2.05) is 12.1 Å². The van der Waals surface area contributed by atoms with E-state index in [9.17, 15) is 5.11 Å². The van der Waals surface area contributed by atoms with Gasteiger partial charge in [-0.05, 0) is 16.6 Å². The average Bonchev–Trinajstić information content (AvgIpc) is 2.57. The summed E-state index contributed by atoms with van der Waals surface area (Å²) in [5.74, 6) is 0.403. The average molecular weight is 200 g/mol. The predicted molar refractivity (Wildman–Crippen MR) is 62.6 cm³/mol. The zero-order valence-electron chi connectivity index (χ0n) is 7.49. The van der Waals surface area contributed by atoms with Gasteiger partial charge in [-0.15, -0.1) is 8.19 Å². The van der Waals surface area contributed by atoms with E-state index in [0.717, 1.165) is 5.39 Å². The van der Waals surface area contributed by atoms with Crippen molar-refractivity contribution in [1.29, 1.82) is 0 Å². The zero-order valence-corrected chi connectivity index (χ0v) is 8.49. The van der Waals surface area contributed by atoms with Crippen LogP contribution in [0.4, 0.5) is 0 Å². The van der Waals surface area contributed by atoms with Gasteiger partial charge in [0.05, 0.1) is 0 Å². The second-order valence-corrected chi connectivity index (χ2v) is 4.70. The van der Waals surface area contributed by atoms with Gasteiger partial charge in [-0.1, -0.05) is 36.4 Å². The largest absolute Gasteiger partial charge is 0.507 e. The van der Waals surface area contributed by atoms with Crippen molar-refractivity contribution in [2.75, 3.05) is 0 Å². The Bertz CT molecular complexity index is 610. The lowest BCUT2D eigenvalue weighted by Gasteiger charge is -1.94. The third-order valence-corrected chi connectivity index (χ3v) is 3.90. The van der Waals surface area contributed by atoms with E-state index in [2.05, 4.69) is 24.3 Å². The van der Waals surface area contributed by atoms with Crippen LogP contribution >= 0.6 is 8.19 Å². The summed E-state index contributed by atoms with van der Waals surface area (Å²) in [6, 6.07) is 14.0. The molecule has 2 aromatic carbocycles. The van der Waals surface area contributed by atoms with E-state index in [0.29, 0.717) is 13.9 Å². The molecule has 0 saturated carbocycles. The number of hydrogen-bond donors (Lipinski definition) is 1. The van der Waals surface area contributed by atoms with Crippen molar-refractivity contribution in [2.24, 2.45) is 0 Å². The summed E-state index contributed by atoms with van der Waals surface area (Å²) in [5.41, 5.74) is 0. The Kier molecular flexibility index (Phi) is 1.56. The molecule has 0 saturated heterocycles. The minimum atomic E-state index is 0.403. The van der Waals surface area contributed by atoms with Crippen LogP contribution in [0.2, 0.25) is 0 Å². The van der Waals surface area contributed by atoms with Crippen LogP contribution in [0.3, 0.4) is 0 Å². The molecule has 1 nitrogen and oxygen atoms in total. The Morgan fingerprint density at radius 1 is 0.857 bits per heavy atom. The maximum atomic E-state index is 9.78. The number of benzene rings is 2. The summed E-state index contributed by atoms with van der Waals surface area (Å²) in [5, 5.41) is 14.6. The molecular weight excluding hydrogens is 191 g/mol. The third-order valence-electron chi connectivity index (χ3n) is 2.51. The van der Waals surface area contributed by atoms with Crippen LogP contribution in [0, 0.1) is 0 Å². The first-order valence-electron chi connectivity index (χ1n) is 4.54. The Balaban J connectivity index is 2.65. The Labute approximate surface area is 83.1 Å². The number of hydrogen-bond acceptors (Lipinski definition) is 1. The standard InChI is InChI=1S/C12H9OP/c13-9-5-3-7-11-12(9)8-4-1-2-6-10(8)14-11/h1-7,13-14H. The minimum Gasteiger partial charge on any atom is -0.507 e. The van der Waals surface area contributed by atoms with Crippen molar-refractivity contribution in [3.63, 3.8) is 0 Å². The smallest absolute Gasteiger partial charge is 0.124 e. The van der Waals surface area contributed by atoms with Gasteiger partial charge in [-0.25, -0.2) is 0 Å². The van der Waals surface area contributed by atoms with Gasteiger partial charge in [0.1, 0.15) is 5.75 Å². The maximum Gasteiger partial charge on any atom is 0.124 e. The summed E-state index contributed by atoms with van der Waals surface area (Å²) < 4.78 is 0. The molecule has 1 atom stereocenters. The molecule has 68 valence electrons. The first-order valence-corrected chi connectivity index (χ1v) is 5.54. The highest BCUT2D eigenvalue weighted by atomic mass is 31.0. The van der Waals surface area contributed by atoms with E-state index < -0.39 is 0 Å². The van der Waals surface area contributed by atoms with E-state index >= 15 is 0 Å². The molecule has 3 rings (SSSR count). The molecule has 0 amide bonds. The Morgan fingerprint density at radius 3 is 2.57 bits per heavy atom. The molecule has 1 unspecified atom stereocenters. The third kappa shape index (κ3) is 0.964. The van der Waals surface area contributed by atoms with Gasteiger partial charge in [0.15, 0.2) is 0 Å². The van der Waals surface area contributed by atoms with Crippen LogP contribution in [-0.4, -0.2) is 5.11 Å². The highest BCUT2D eigenvalue weighted by Gasteiger charge is 2.05. The molecule has 14 heavy (non-hydrogen) atoms. The number of phenolic OH excluding ortho intramolecular Hbond substituents is 1. The van der Waals surface area contributed by atoms with Crippen molar-refractivity contribution < 1.29 is 5.11 Å². The van der Waals surface area contributed by atoms with Gasteiger partial charge in [-0.3, -0.25) is 0 Å².